The summed E-state index contributed by atoms with van der Waals surface area (Å²) < 4.78 is 37.0. The molecule has 96 valence electrons. The highest BCUT2D eigenvalue weighted by Crippen LogP contribution is 2.29. The average molecular weight is 247 g/mol. The molecular formula is C12H16F3NO. The third kappa shape index (κ3) is 4.36. The fraction of sp³-hybridized carbons (Fsp3) is 0.500. The predicted molar refractivity (Wildman–Crippen MR) is 59.6 cm³/mol. The maximum atomic E-state index is 12.3. The van der Waals surface area contributed by atoms with Gasteiger partial charge >= 0.3 is 6.18 Å². The van der Waals surface area contributed by atoms with Gasteiger partial charge in [-0.3, -0.25) is 0 Å². The first-order valence-corrected chi connectivity index (χ1v) is 5.46. The van der Waals surface area contributed by atoms with Crippen LogP contribution in [0, 0.1) is 0 Å². The summed E-state index contributed by atoms with van der Waals surface area (Å²) in [6, 6.07) is 5.08. The van der Waals surface area contributed by atoms with Crippen molar-refractivity contribution in [3.05, 3.63) is 35.4 Å². The Morgan fingerprint density at radius 3 is 2.29 bits per heavy atom. The van der Waals surface area contributed by atoms with Gasteiger partial charge in [0.1, 0.15) is 0 Å². The highest BCUT2D eigenvalue weighted by Gasteiger charge is 2.30. The van der Waals surface area contributed by atoms with Gasteiger partial charge in [-0.1, -0.05) is 12.1 Å². The van der Waals surface area contributed by atoms with Gasteiger partial charge in [0.25, 0.3) is 0 Å². The minimum absolute atomic E-state index is 0.0242. The topological polar surface area (TPSA) is 32.3 Å². The molecule has 0 aromatic heterocycles. The Bertz CT molecular complexity index is 335. The van der Waals surface area contributed by atoms with Crippen molar-refractivity contribution in [2.24, 2.45) is 0 Å². The van der Waals surface area contributed by atoms with Crippen LogP contribution in [0.4, 0.5) is 13.2 Å². The van der Waals surface area contributed by atoms with Crippen LogP contribution in [0.3, 0.4) is 0 Å². The van der Waals surface area contributed by atoms with Gasteiger partial charge in [-0.15, -0.1) is 0 Å². The van der Waals surface area contributed by atoms with Crippen LogP contribution in [0.5, 0.6) is 0 Å². The van der Waals surface area contributed by atoms with Crippen LogP contribution in [0.15, 0.2) is 24.3 Å². The molecule has 0 bridgehead atoms. The minimum atomic E-state index is -4.29. The summed E-state index contributed by atoms with van der Waals surface area (Å²) >= 11 is 0. The van der Waals surface area contributed by atoms with Crippen LogP contribution in [0.2, 0.25) is 0 Å². The molecule has 0 heterocycles. The molecule has 0 saturated heterocycles. The molecule has 2 nitrogen and oxygen atoms in total. The van der Waals surface area contributed by atoms with E-state index in [1.165, 1.54) is 12.1 Å². The van der Waals surface area contributed by atoms with Gasteiger partial charge in [-0.2, -0.15) is 13.2 Å². The van der Waals surface area contributed by atoms with Crippen molar-refractivity contribution in [2.75, 3.05) is 13.2 Å². The Morgan fingerprint density at radius 1 is 1.24 bits per heavy atom. The van der Waals surface area contributed by atoms with E-state index in [4.69, 9.17) is 5.11 Å². The molecule has 2 N–H and O–H groups in total. The van der Waals surface area contributed by atoms with Gasteiger partial charge in [-0.05, 0) is 37.6 Å². The summed E-state index contributed by atoms with van der Waals surface area (Å²) in [5.74, 6) is 0. The second-order valence-corrected chi connectivity index (χ2v) is 3.87. The van der Waals surface area contributed by atoms with Gasteiger partial charge in [0, 0.05) is 12.6 Å². The van der Waals surface area contributed by atoms with E-state index < -0.39 is 11.7 Å². The van der Waals surface area contributed by atoms with Gasteiger partial charge in [0.2, 0.25) is 0 Å². The Morgan fingerprint density at radius 2 is 1.82 bits per heavy atom. The zero-order valence-corrected chi connectivity index (χ0v) is 9.59. The number of nitrogens with one attached hydrogen (secondary N) is 1. The van der Waals surface area contributed by atoms with Crippen molar-refractivity contribution < 1.29 is 18.3 Å². The molecule has 0 aliphatic carbocycles. The minimum Gasteiger partial charge on any atom is -0.396 e. The number of aliphatic hydroxyl groups excluding tert-OH is 1. The van der Waals surface area contributed by atoms with Gasteiger partial charge in [0.05, 0.1) is 5.56 Å². The molecular weight excluding hydrogens is 231 g/mol. The van der Waals surface area contributed by atoms with E-state index in [0.717, 1.165) is 17.7 Å². The summed E-state index contributed by atoms with van der Waals surface area (Å²) in [6.07, 6.45) is -3.66. The second kappa shape index (κ2) is 6.02. The van der Waals surface area contributed by atoms with Crippen LogP contribution >= 0.6 is 0 Å². The highest BCUT2D eigenvalue weighted by atomic mass is 19.4. The quantitative estimate of drug-likeness (QED) is 0.784. The number of halogens is 3. The second-order valence-electron chi connectivity index (χ2n) is 3.87. The standard InChI is InChI=1S/C12H16F3NO/c1-9(16-7-2-8-17)10-3-5-11(6-4-10)12(13,14)15/h3-6,9,16-17H,2,7-8H2,1H3. The molecule has 0 amide bonds. The maximum Gasteiger partial charge on any atom is 0.416 e. The molecule has 1 aromatic rings. The predicted octanol–water partition coefficient (Wildman–Crippen LogP) is 2.74. The smallest absolute Gasteiger partial charge is 0.396 e. The lowest BCUT2D eigenvalue weighted by molar-refractivity contribution is -0.137. The summed E-state index contributed by atoms with van der Waals surface area (Å²) in [5, 5.41) is 11.7. The number of benzene rings is 1. The van der Waals surface area contributed by atoms with E-state index in [1.807, 2.05) is 6.92 Å². The summed E-state index contributed by atoms with van der Waals surface area (Å²) in [4.78, 5) is 0. The summed E-state index contributed by atoms with van der Waals surface area (Å²) in [6.45, 7) is 2.62. The lowest BCUT2D eigenvalue weighted by atomic mass is 10.1. The average Bonchev–Trinajstić information content (AvgIpc) is 2.28. The van der Waals surface area contributed by atoms with E-state index in [9.17, 15) is 13.2 Å². The van der Waals surface area contributed by atoms with Crippen LogP contribution in [0.25, 0.3) is 0 Å². The van der Waals surface area contributed by atoms with Crippen molar-refractivity contribution in [3.63, 3.8) is 0 Å². The first-order valence-electron chi connectivity index (χ1n) is 5.46. The molecule has 17 heavy (non-hydrogen) atoms. The number of rotatable bonds is 5. The third-order valence-corrected chi connectivity index (χ3v) is 2.52. The molecule has 0 fully saturated rings. The van der Waals surface area contributed by atoms with Crippen molar-refractivity contribution >= 4 is 0 Å². The van der Waals surface area contributed by atoms with Gasteiger partial charge in [-0.25, -0.2) is 0 Å². The van der Waals surface area contributed by atoms with E-state index in [1.54, 1.807) is 0 Å². The fourth-order valence-corrected chi connectivity index (χ4v) is 1.48. The van der Waals surface area contributed by atoms with Crippen LogP contribution in [-0.2, 0) is 6.18 Å². The normalized spacial score (nSPS) is 13.7. The molecule has 0 aliphatic heterocycles. The zero-order valence-electron chi connectivity index (χ0n) is 9.59. The Kier molecular flexibility index (Phi) is 4.96. The SMILES string of the molecule is CC(NCCCO)c1ccc(C(F)(F)F)cc1. The first-order chi connectivity index (χ1) is 7.95. The van der Waals surface area contributed by atoms with Gasteiger partial charge in [0.15, 0.2) is 0 Å². The van der Waals surface area contributed by atoms with Crippen molar-refractivity contribution in [1.82, 2.24) is 5.32 Å². The molecule has 5 heteroatoms. The molecule has 1 aromatic carbocycles. The molecule has 1 atom stereocenters. The Labute approximate surface area is 98.5 Å². The molecule has 0 aliphatic rings. The van der Waals surface area contributed by atoms with Crippen LogP contribution < -0.4 is 5.32 Å². The fourth-order valence-electron chi connectivity index (χ4n) is 1.48. The molecule has 0 radical (unpaired) electrons. The van der Waals surface area contributed by atoms with Crippen LogP contribution in [-0.4, -0.2) is 18.3 Å². The van der Waals surface area contributed by atoms with E-state index in [0.29, 0.717) is 13.0 Å². The molecule has 1 rings (SSSR count). The highest BCUT2D eigenvalue weighted by molar-refractivity contribution is 5.26. The summed E-state index contributed by atoms with van der Waals surface area (Å²) in [5.41, 5.74) is 0.166. The maximum absolute atomic E-state index is 12.3. The lowest BCUT2D eigenvalue weighted by Gasteiger charge is -2.15. The van der Waals surface area contributed by atoms with Crippen molar-refractivity contribution in [3.8, 4) is 0 Å². The first kappa shape index (κ1) is 14.0. The molecule has 0 saturated carbocycles. The van der Waals surface area contributed by atoms with Crippen molar-refractivity contribution in [2.45, 2.75) is 25.6 Å². The monoisotopic (exact) mass is 247 g/mol. The zero-order chi connectivity index (χ0) is 12.9. The molecule has 0 spiro atoms. The van der Waals surface area contributed by atoms with Crippen LogP contribution in [0.1, 0.15) is 30.5 Å². The Balaban J connectivity index is 2.61. The molecule has 1 unspecified atom stereocenters. The van der Waals surface area contributed by atoms with E-state index in [-0.39, 0.29) is 12.6 Å². The van der Waals surface area contributed by atoms with E-state index >= 15 is 0 Å². The van der Waals surface area contributed by atoms with Gasteiger partial charge < -0.3 is 10.4 Å². The number of hydrogen-bond acceptors (Lipinski definition) is 2. The lowest BCUT2D eigenvalue weighted by Crippen LogP contribution is -2.20. The Hall–Kier alpha value is -1.07. The number of alkyl halides is 3. The number of hydrogen-bond donors (Lipinski definition) is 2. The third-order valence-electron chi connectivity index (χ3n) is 2.52. The largest absolute Gasteiger partial charge is 0.416 e. The van der Waals surface area contributed by atoms with Crippen molar-refractivity contribution in [1.29, 1.82) is 0 Å². The van der Waals surface area contributed by atoms with E-state index in [2.05, 4.69) is 5.32 Å². The summed E-state index contributed by atoms with van der Waals surface area (Å²) in [7, 11) is 0. The number of aliphatic hydroxyl groups is 1.